The first-order chi connectivity index (χ1) is 8.34. The Labute approximate surface area is 109 Å². The molecule has 1 aromatic rings. The first-order valence-electron chi connectivity index (χ1n) is 5.95. The van der Waals surface area contributed by atoms with Crippen molar-refractivity contribution in [1.82, 2.24) is 0 Å². The second-order valence-corrected chi connectivity index (χ2v) is 5.24. The Hall–Kier alpha value is -1.79. The van der Waals surface area contributed by atoms with Crippen molar-refractivity contribution in [3.05, 3.63) is 29.3 Å². The van der Waals surface area contributed by atoms with Crippen LogP contribution in [0.25, 0.3) is 0 Å². The van der Waals surface area contributed by atoms with E-state index in [4.69, 9.17) is 5.73 Å². The fraction of sp³-hybridized carbons (Fsp3) is 0.400. The van der Waals surface area contributed by atoms with Gasteiger partial charge in [-0.2, -0.15) is 0 Å². The van der Waals surface area contributed by atoms with Crippen LogP contribution < -0.4 is 11.1 Å². The average molecular weight is 244 g/mol. The summed E-state index contributed by atoms with van der Waals surface area (Å²) in [6.07, 6.45) is 0. The maximum absolute atomic E-state index is 11.9. The molecule has 0 heterocycles. The summed E-state index contributed by atoms with van der Waals surface area (Å²) in [7, 11) is 0. The predicted molar refractivity (Wildman–Crippen MR) is 75.2 cm³/mol. The highest BCUT2D eigenvalue weighted by molar-refractivity contribution is 5.94. The van der Waals surface area contributed by atoms with Crippen LogP contribution in [0.2, 0.25) is 0 Å². The van der Waals surface area contributed by atoms with Crippen molar-refractivity contribution in [2.45, 2.75) is 27.7 Å². The molecule has 3 heteroatoms. The molecule has 0 atom stereocenters. The van der Waals surface area contributed by atoms with Gasteiger partial charge in [0.25, 0.3) is 0 Å². The number of carbonyl (C=O) groups excluding carboxylic acids is 1. The monoisotopic (exact) mass is 244 g/mol. The van der Waals surface area contributed by atoms with Crippen molar-refractivity contribution in [3.8, 4) is 11.8 Å². The highest BCUT2D eigenvalue weighted by atomic mass is 16.2. The molecule has 0 bridgehead atoms. The summed E-state index contributed by atoms with van der Waals surface area (Å²) < 4.78 is 0. The van der Waals surface area contributed by atoms with Crippen LogP contribution >= 0.6 is 0 Å². The van der Waals surface area contributed by atoms with Crippen LogP contribution in [0.4, 0.5) is 5.69 Å². The van der Waals surface area contributed by atoms with Crippen molar-refractivity contribution < 1.29 is 4.79 Å². The summed E-state index contributed by atoms with van der Waals surface area (Å²) in [6, 6.07) is 5.70. The second kappa shape index (κ2) is 5.70. The van der Waals surface area contributed by atoms with E-state index in [2.05, 4.69) is 17.2 Å². The van der Waals surface area contributed by atoms with E-state index in [1.54, 1.807) is 0 Å². The molecule has 0 aromatic heterocycles. The van der Waals surface area contributed by atoms with Crippen LogP contribution in [-0.2, 0) is 4.79 Å². The molecule has 0 spiro atoms. The summed E-state index contributed by atoms with van der Waals surface area (Å²) in [6.45, 7) is 7.96. The molecule has 18 heavy (non-hydrogen) atoms. The Balaban J connectivity index is 2.96. The molecule has 0 fully saturated rings. The zero-order valence-corrected chi connectivity index (χ0v) is 11.4. The number of benzene rings is 1. The van der Waals surface area contributed by atoms with Gasteiger partial charge in [-0.1, -0.05) is 38.7 Å². The molecule has 3 N–H and O–H groups in total. The number of nitrogens with one attached hydrogen (secondary N) is 1. The molecule has 0 aliphatic carbocycles. The van der Waals surface area contributed by atoms with Crippen LogP contribution in [-0.4, -0.2) is 12.5 Å². The van der Waals surface area contributed by atoms with Gasteiger partial charge in [0.15, 0.2) is 0 Å². The normalized spacial score (nSPS) is 10.5. The van der Waals surface area contributed by atoms with Gasteiger partial charge in [0.1, 0.15) is 0 Å². The number of hydrogen-bond acceptors (Lipinski definition) is 2. The van der Waals surface area contributed by atoms with Crippen LogP contribution in [0.15, 0.2) is 18.2 Å². The molecule has 3 nitrogen and oxygen atoms in total. The third-order valence-electron chi connectivity index (χ3n) is 2.50. The average Bonchev–Trinajstić information content (AvgIpc) is 2.28. The molecule has 1 rings (SSSR count). The lowest BCUT2D eigenvalue weighted by Gasteiger charge is -2.18. The van der Waals surface area contributed by atoms with E-state index in [9.17, 15) is 4.79 Å². The highest BCUT2D eigenvalue weighted by Gasteiger charge is 2.21. The van der Waals surface area contributed by atoms with Gasteiger partial charge < -0.3 is 11.1 Å². The third kappa shape index (κ3) is 3.90. The minimum absolute atomic E-state index is 0.0101. The molecule has 0 saturated carbocycles. The van der Waals surface area contributed by atoms with Crippen LogP contribution in [0.1, 0.15) is 31.9 Å². The smallest absolute Gasteiger partial charge is 0.229 e. The van der Waals surface area contributed by atoms with Gasteiger partial charge in [0.2, 0.25) is 5.91 Å². The Morgan fingerprint density at radius 1 is 1.39 bits per heavy atom. The first kappa shape index (κ1) is 14.3. The Morgan fingerprint density at radius 3 is 2.61 bits per heavy atom. The van der Waals surface area contributed by atoms with Gasteiger partial charge in [-0.3, -0.25) is 4.79 Å². The Kier molecular flexibility index (Phi) is 4.52. The summed E-state index contributed by atoms with van der Waals surface area (Å²) >= 11 is 0. The number of nitrogens with two attached hydrogens (primary N) is 1. The lowest BCUT2D eigenvalue weighted by atomic mass is 9.95. The molecule has 0 aliphatic heterocycles. The van der Waals surface area contributed by atoms with E-state index < -0.39 is 5.41 Å². The fourth-order valence-corrected chi connectivity index (χ4v) is 1.30. The minimum Gasteiger partial charge on any atom is -0.326 e. The van der Waals surface area contributed by atoms with E-state index in [-0.39, 0.29) is 5.91 Å². The topological polar surface area (TPSA) is 55.1 Å². The van der Waals surface area contributed by atoms with Crippen LogP contribution in [0, 0.1) is 24.2 Å². The number of carbonyl (C=O) groups is 1. The summed E-state index contributed by atoms with van der Waals surface area (Å²) in [5, 5.41) is 2.89. The number of rotatable bonds is 1. The molecule has 1 amide bonds. The van der Waals surface area contributed by atoms with Gasteiger partial charge in [0, 0.05) is 16.7 Å². The summed E-state index contributed by atoms with van der Waals surface area (Å²) in [5.41, 5.74) is 7.69. The standard InChI is InChI=1S/C15H20N2O/c1-11-7-8-13(10-12(11)6-5-9-16)17-14(18)15(2,3)4/h7-8,10H,9,16H2,1-4H3,(H,17,18). The van der Waals surface area contributed by atoms with Gasteiger partial charge in [-0.15, -0.1) is 0 Å². The van der Waals surface area contributed by atoms with Crippen molar-refractivity contribution in [2.75, 3.05) is 11.9 Å². The first-order valence-corrected chi connectivity index (χ1v) is 5.95. The predicted octanol–water partition coefficient (Wildman–Crippen LogP) is 2.29. The van der Waals surface area contributed by atoms with Crippen molar-refractivity contribution >= 4 is 11.6 Å². The van der Waals surface area contributed by atoms with Gasteiger partial charge in [-0.25, -0.2) is 0 Å². The van der Waals surface area contributed by atoms with E-state index in [1.165, 1.54) is 0 Å². The van der Waals surface area contributed by atoms with E-state index in [0.717, 1.165) is 16.8 Å². The third-order valence-corrected chi connectivity index (χ3v) is 2.50. The Bertz CT molecular complexity index is 501. The highest BCUT2D eigenvalue weighted by Crippen LogP contribution is 2.19. The lowest BCUT2D eigenvalue weighted by molar-refractivity contribution is -0.123. The molecule has 0 saturated heterocycles. The molecular weight excluding hydrogens is 224 g/mol. The SMILES string of the molecule is Cc1ccc(NC(=O)C(C)(C)C)cc1C#CCN. The quantitative estimate of drug-likeness (QED) is 0.745. The van der Waals surface area contributed by atoms with E-state index in [1.807, 2.05) is 45.9 Å². The molecule has 1 aromatic carbocycles. The summed E-state index contributed by atoms with van der Waals surface area (Å²) in [5.74, 6) is 5.81. The number of amides is 1. The fourth-order valence-electron chi connectivity index (χ4n) is 1.30. The van der Waals surface area contributed by atoms with Crippen molar-refractivity contribution in [2.24, 2.45) is 11.1 Å². The summed E-state index contributed by atoms with van der Waals surface area (Å²) in [4.78, 5) is 11.9. The molecular formula is C15H20N2O. The zero-order valence-electron chi connectivity index (χ0n) is 11.4. The van der Waals surface area contributed by atoms with E-state index >= 15 is 0 Å². The molecule has 0 radical (unpaired) electrons. The number of hydrogen-bond donors (Lipinski definition) is 2. The molecule has 96 valence electrons. The second-order valence-electron chi connectivity index (χ2n) is 5.24. The van der Waals surface area contributed by atoms with Crippen LogP contribution in [0.3, 0.4) is 0 Å². The minimum atomic E-state index is -0.409. The van der Waals surface area contributed by atoms with E-state index in [0.29, 0.717) is 6.54 Å². The van der Waals surface area contributed by atoms with Gasteiger partial charge in [0.05, 0.1) is 6.54 Å². The lowest BCUT2D eigenvalue weighted by Crippen LogP contribution is -2.27. The molecule has 0 aliphatic rings. The number of anilines is 1. The maximum Gasteiger partial charge on any atom is 0.229 e. The van der Waals surface area contributed by atoms with Crippen LogP contribution in [0.5, 0.6) is 0 Å². The number of aryl methyl sites for hydroxylation is 1. The van der Waals surface area contributed by atoms with Gasteiger partial charge in [-0.05, 0) is 24.6 Å². The zero-order chi connectivity index (χ0) is 13.8. The largest absolute Gasteiger partial charge is 0.326 e. The van der Waals surface area contributed by atoms with Gasteiger partial charge >= 0.3 is 0 Å². The van der Waals surface area contributed by atoms with Crippen molar-refractivity contribution in [1.29, 1.82) is 0 Å². The molecule has 0 unspecified atom stereocenters. The Morgan fingerprint density at radius 2 is 2.06 bits per heavy atom. The maximum atomic E-state index is 11.9. The van der Waals surface area contributed by atoms with Crippen molar-refractivity contribution in [3.63, 3.8) is 0 Å².